The number of nitrogens with zero attached hydrogens (tertiary/aromatic N) is 5. The Kier molecular flexibility index (Phi) is 6.51. The topological polar surface area (TPSA) is 140 Å². The van der Waals surface area contributed by atoms with Gasteiger partial charge in [-0.05, 0) is 96.1 Å². The van der Waals surface area contributed by atoms with Crippen LogP contribution in [0.1, 0.15) is 94.0 Å². The minimum absolute atomic E-state index is 0.126. The van der Waals surface area contributed by atoms with Crippen molar-refractivity contribution in [3.63, 3.8) is 0 Å². The van der Waals surface area contributed by atoms with Gasteiger partial charge >= 0.3 is 12.1 Å². The second kappa shape index (κ2) is 9.94. The molecule has 0 unspecified atom stereocenters. The fourth-order valence-corrected chi connectivity index (χ4v) is 9.13. The van der Waals surface area contributed by atoms with Crippen molar-refractivity contribution in [1.29, 1.82) is 5.26 Å². The molecule has 0 radical (unpaired) electrons. The van der Waals surface area contributed by atoms with Crippen LogP contribution in [0.4, 0.5) is 9.80 Å². The number of nitriles is 1. The first-order valence-corrected chi connectivity index (χ1v) is 16.2. The number of piperidine rings is 1. The van der Waals surface area contributed by atoms with Crippen LogP contribution in [-0.4, -0.2) is 49.9 Å². The molecule has 1 spiro atoms. The molecule has 3 aromatic heterocycles. The van der Waals surface area contributed by atoms with Gasteiger partial charge in [0.05, 0.1) is 17.3 Å². The minimum Gasteiger partial charge on any atom is -0.458 e. The highest BCUT2D eigenvalue weighted by Crippen LogP contribution is 2.56. The standard InChI is InChI=1S/C32H38N6O4S/c1-16-19-14-22(38(25(16)19)30(39)41-31(3,4)5)17(2)40-29-35-13-10-21(36-29)26-18-8-6-11-32(27(18)37-42-26)12-7-9-23-24(32)20(15-33)28(34)43-23/h10,13,16-17,19,22,25H,6-9,11-12,14,34H2,1-5H3/t16-,17-,19+,22-,25-,32-/m0/s1. The maximum Gasteiger partial charge on any atom is 0.410 e. The summed E-state index contributed by atoms with van der Waals surface area (Å²) in [7, 11) is 0. The Morgan fingerprint density at radius 1 is 1.30 bits per heavy atom. The molecule has 1 amide bonds. The smallest absolute Gasteiger partial charge is 0.410 e. The van der Waals surface area contributed by atoms with Gasteiger partial charge < -0.3 is 19.7 Å². The summed E-state index contributed by atoms with van der Waals surface area (Å²) >= 11 is 1.54. The van der Waals surface area contributed by atoms with Crippen molar-refractivity contribution >= 4 is 22.4 Å². The molecule has 2 fully saturated rings. The van der Waals surface area contributed by atoms with Crippen LogP contribution in [0, 0.1) is 23.2 Å². The number of likely N-dealkylation sites (tertiary alicyclic amines) is 1. The molecule has 6 atom stereocenters. The zero-order chi connectivity index (χ0) is 30.3. The third-order valence-electron chi connectivity index (χ3n) is 9.89. The number of ether oxygens (including phenoxy) is 2. The Bertz CT molecular complexity index is 1630. The number of carbonyl (C=O) groups excluding carboxylic acids is 1. The SMILES string of the molecule is C[C@H]1[C@H]2C[C@@H]([C@H](C)Oc3nccc(-c4onc5c4CCC[C@@]54CCCc5sc(N)c(C#N)c54)n3)N(C(=O)OC(C)(C)C)[C@@H]12. The van der Waals surface area contributed by atoms with E-state index in [0.29, 0.717) is 33.9 Å². The van der Waals surface area contributed by atoms with Crippen LogP contribution in [0.25, 0.3) is 11.5 Å². The molecule has 2 N–H and O–H groups in total. The second-order valence-corrected chi connectivity index (χ2v) is 14.8. The molecule has 226 valence electrons. The molecule has 43 heavy (non-hydrogen) atoms. The maximum absolute atomic E-state index is 13.2. The first-order valence-electron chi connectivity index (χ1n) is 15.3. The summed E-state index contributed by atoms with van der Waals surface area (Å²) in [6, 6.07) is 4.49. The van der Waals surface area contributed by atoms with E-state index in [1.54, 1.807) is 6.20 Å². The van der Waals surface area contributed by atoms with Crippen LogP contribution >= 0.6 is 11.3 Å². The fourth-order valence-electron chi connectivity index (χ4n) is 7.96. The van der Waals surface area contributed by atoms with E-state index in [0.717, 1.165) is 61.8 Å². The van der Waals surface area contributed by atoms with E-state index >= 15 is 0 Å². The van der Waals surface area contributed by atoms with Crippen LogP contribution in [0.2, 0.25) is 0 Å². The predicted molar refractivity (Wildman–Crippen MR) is 161 cm³/mol. The lowest BCUT2D eigenvalue weighted by Gasteiger charge is -2.39. The lowest BCUT2D eigenvalue weighted by Crippen LogP contribution is -2.48. The van der Waals surface area contributed by atoms with Gasteiger partial charge in [0, 0.05) is 28.1 Å². The van der Waals surface area contributed by atoms with Crippen molar-refractivity contribution in [1.82, 2.24) is 20.0 Å². The number of nitrogens with two attached hydrogens (primary N) is 1. The molecule has 7 rings (SSSR count). The number of hydrogen-bond donors (Lipinski definition) is 1. The molecule has 4 heterocycles. The summed E-state index contributed by atoms with van der Waals surface area (Å²) in [6.45, 7) is 9.81. The van der Waals surface area contributed by atoms with E-state index in [-0.39, 0.29) is 35.7 Å². The number of anilines is 1. The molecular formula is C32H38N6O4S. The quantitative estimate of drug-likeness (QED) is 0.380. The van der Waals surface area contributed by atoms with Gasteiger partial charge in [-0.25, -0.2) is 9.78 Å². The molecule has 1 saturated carbocycles. The number of hydrogen-bond acceptors (Lipinski definition) is 10. The largest absolute Gasteiger partial charge is 0.458 e. The summed E-state index contributed by atoms with van der Waals surface area (Å²) < 4.78 is 18.1. The Labute approximate surface area is 255 Å². The highest BCUT2D eigenvalue weighted by molar-refractivity contribution is 7.16. The Morgan fingerprint density at radius 3 is 2.81 bits per heavy atom. The van der Waals surface area contributed by atoms with Crippen LogP contribution in [0.3, 0.4) is 0 Å². The Hall–Kier alpha value is -3.65. The van der Waals surface area contributed by atoms with E-state index < -0.39 is 5.60 Å². The number of aryl methyl sites for hydroxylation is 1. The molecule has 1 aliphatic heterocycles. The van der Waals surface area contributed by atoms with E-state index in [1.165, 1.54) is 16.2 Å². The summed E-state index contributed by atoms with van der Waals surface area (Å²) in [5, 5.41) is 15.2. The average Bonchev–Trinajstić information content (AvgIpc) is 3.35. The van der Waals surface area contributed by atoms with Gasteiger partial charge in [0.25, 0.3) is 0 Å². The molecule has 0 aromatic carbocycles. The monoisotopic (exact) mass is 602 g/mol. The van der Waals surface area contributed by atoms with Crippen LogP contribution in [-0.2, 0) is 23.0 Å². The van der Waals surface area contributed by atoms with Crippen molar-refractivity contribution in [3.05, 3.63) is 39.5 Å². The van der Waals surface area contributed by atoms with E-state index in [4.69, 9.17) is 24.7 Å². The van der Waals surface area contributed by atoms with Gasteiger partial charge in [-0.3, -0.25) is 4.90 Å². The fraction of sp³-hybridized carbons (Fsp3) is 0.594. The Morgan fingerprint density at radius 2 is 2.07 bits per heavy atom. The average molecular weight is 603 g/mol. The zero-order valence-electron chi connectivity index (χ0n) is 25.3. The van der Waals surface area contributed by atoms with Gasteiger partial charge in [-0.1, -0.05) is 12.1 Å². The lowest BCUT2D eigenvalue weighted by molar-refractivity contribution is 0.00225. The summed E-state index contributed by atoms with van der Waals surface area (Å²) in [5.41, 5.74) is 9.57. The number of carbonyl (C=O) groups is 1. The zero-order valence-corrected chi connectivity index (χ0v) is 26.2. The summed E-state index contributed by atoms with van der Waals surface area (Å²) in [5.74, 6) is 1.55. The Balaban J connectivity index is 1.16. The molecule has 3 aromatic rings. The number of nitrogen functional groups attached to an aromatic ring is 1. The summed E-state index contributed by atoms with van der Waals surface area (Å²) in [6.07, 6.45) is 7.46. The van der Waals surface area contributed by atoms with Crippen molar-refractivity contribution in [2.24, 2.45) is 11.8 Å². The second-order valence-electron chi connectivity index (χ2n) is 13.6. The third kappa shape index (κ3) is 4.48. The molecule has 4 aliphatic rings. The van der Waals surface area contributed by atoms with Gasteiger partial charge in [0.15, 0.2) is 5.76 Å². The number of aromatic nitrogens is 3. The number of rotatable bonds is 4. The molecule has 10 nitrogen and oxygen atoms in total. The van der Waals surface area contributed by atoms with Gasteiger partial charge in [-0.15, -0.1) is 11.3 Å². The first-order chi connectivity index (χ1) is 20.5. The highest BCUT2D eigenvalue weighted by atomic mass is 32.1. The van der Waals surface area contributed by atoms with Gasteiger partial charge in [-0.2, -0.15) is 10.2 Å². The van der Waals surface area contributed by atoms with Gasteiger partial charge in [0.2, 0.25) is 0 Å². The minimum atomic E-state index is -0.570. The number of amides is 1. The van der Waals surface area contributed by atoms with Crippen LogP contribution < -0.4 is 10.5 Å². The normalized spacial score (nSPS) is 28.0. The summed E-state index contributed by atoms with van der Waals surface area (Å²) in [4.78, 5) is 25.4. The third-order valence-corrected chi connectivity index (χ3v) is 11.0. The van der Waals surface area contributed by atoms with E-state index in [9.17, 15) is 10.1 Å². The van der Waals surface area contributed by atoms with E-state index in [2.05, 4.69) is 23.1 Å². The lowest BCUT2D eigenvalue weighted by atomic mass is 9.62. The maximum atomic E-state index is 13.2. The molecular weight excluding hydrogens is 564 g/mol. The molecule has 3 aliphatic carbocycles. The molecule has 1 saturated heterocycles. The predicted octanol–water partition coefficient (Wildman–Crippen LogP) is 6.02. The van der Waals surface area contributed by atoms with Crippen molar-refractivity contribution < 1.29 is 18.8 Å². The van der Waals surface area contributed by atoms with Gasteiger partial charge in [0.1, 0.15) is 28.5 Å². The molecule has 0 bridgehead atoms. The van der Waals surface area contributed by atoms with E-state index in [1.807, 2.05) is 38.7 Å². The van der Waals surface area contributed by atoms with Crippen LogP contribution in [0.5, 0.6) is 6.01 Å². The molecule has 11 heteroatoms. The van der Waals surface area contributed by atoms with Crippen LogP contribution in [0.15, 0.2) is 16.8 Å². The number of thiophene rings is 1. The van der Waals surface area contributed by atoms with Crippen molar-refractivity contribution in [2.75, 3.05) is 5.73 Å². The van der Waals surface area contributed by atoms with Crippen molar-refractivity contribution in [3.8, 4) is 23.5 Å². The van der Waals surface area contributed by atoms with Crippen molar-refractivity contribution in [2.45, 2.75) is 109 Å². The highest BCUT2D eigenvalue weighted by Gasteiger charge is 2.62. The first kappa shape index (κ1) is 28.1. The number of fused-ring (bicyclic) bond motifs is 5.